The SMILES string of the molecule is COc1cccc(N(C)CCCn2ccc(N)n2)c1. The Morgan fingerprint density at radius 1 is 1.37 bits per heavy atom. The van der Waals surface area contributed by atoms with Gasteiger partial charge in [-0.3, -0.25) is 4.68 Å². The smallest absolute Gasteiger partial charge is 0.145 e. The second kappa shape index (κ2) is 6.13. The van der Waals surface area contributed by atoms with E-state index in [0.717, 1.165) is 30.9 Å². The number of hydrogen-bond donors (Lipinski definition) is 1. The Kier molecular flexibility index (Phi) is 4.28. The molecule has 1 heterocycles. The topological polar surface area (TPSA) is 56.3 Å². The molecule has 2 rings (SSSR count). The lowest BCUT2D eigenvalue weighted by Gasteiger charge is -2.19. The van der Waals surface area contributed by atoms with Gasteiger partial charge in [-0.2, -0.15) is 5.10 Å². The number of anilines is 2. The highest BCUT2D eigenvalue weighted by atomic mass is 16.5. The fraction of sp³-hybridized carbons (Fsp3) is 0.357. The maximum absolute atomic E-state index is 5.58. The van der Waals surface area contributed by atoms with Crippen molar-refractivity contribution >= 4 is 11.5 Å². The predicted molar refractivity (Wildman–Crippen MR) is 77.5 cm³/mol. The van der Waals surface area contributed by atoms with E-state index in [4.69, 9.17) is 10.5 Å². The van der Waals surface area contributed by atoms with E-state index in [9.17, 15) is 0 Å². The van der Waals surface area contributed by atoms with Gasteiger partial charge in [0.25, 0.3) is 0 Å². The lowest BCUT2D eigenvalue weighted by atomic mass is 10.2. The van der Waals surface area contributed by atoms with E-state index >= 15 is 0 Å². The zero-order valence-corrected chi connectivity index (χ0v) is 11.4. The fourth-order valence-corrected chi connectivity index (χ4v) is 1.95. The first-order valence-electron chi connectivity index (χ1n) is 6.33. The number of hydrogen-bond acceptors (Lipinski definition) is 4. The second-order valence-corrected chi connectivity index (χ2v) is 4.48. The van der Waals surface area contributed by atoms with Crippen molar-refractivity contribution in [1.82, 2.24) is 9.78 Å². The number of rotatable bonds is 6. The normalized spacial score (nSPS) is 10.4. The van der Waals surface area contributed by atoms with Crippen LogP contribution in [-0.2, 0) is 6.54 Å². The van der Waals surface area contributed by atoms with Crippen LogP contribution in [0.2, 0.25) is 0 Å². The van der Waals surface area contributed by atoms with Crippen molar-refractivity contribution in [3.8, 4) is 5.75 Å². The molecule has 1 aromatic heterocycles. The molecular weight excluding hydrogens is 240 g/mol. The Morgan fingerprint density at radius 2 is 2.21 bits per heavy atom. The molecule has 102 valence electrons. The molecule has 0 fully saturated rings. The van der Waals surface area contributed by atoms with E-state index in [1.807, 2.05) is 35.1 Å². The average molecular weight is 260 g/mol. The van der Waals surface area contributed by atoms with Gasteiger partial charge in [0, 0.05) is 38.1 Å². The quantitative estimate of drug-likeness (QED) is 0.863. The number of nitrogens with two attached hydrogens (primary N) is 1. The third-order valence-electron chi connectivity index (χ3n) is 3.04. The van der Waals surface area contributed by atoms with E-state index in [-0.39, 0.29) is 0 Å². The van der Waals surface area contributed by atoms with Crippen molar-refractivity contribution in [3.05, 3.63) is 36.5 Å². The summed E-state index contributed by atoms with van der Waals surface area (Å²) in [6, 6.07) is 9.87. The molecule has 0 unspecified atom stereocenters. The minimum absolute atomic E-state index is 0.571. The minimum Gasteiger partial charge on any atom is -0.497 e. The van der Waals surface area contributed by atoms with Crippen LogP contribution in [0.4, 0.5) is 11.5 Å². The van der Waals surface area contributed by atoms with Crippen LogP contribution >= 0.6 is 0 Å². The summed E-state index contributed by atoms with van der Waals surface area (Å²) in [5.74, 6) is 1.45. The van der Waals surface area contributed by atoms with Gasteiger partial charge in [0.15, 0.2) is 0 Å². The highest BCUT2D eigenvalue weighted by Crippen LogP contribution is 2.19. The van der Waals surface area contributed by atoms with Crippen molar-refractivity contribution < 1.29 is 4.74 Å². The van der Waals surface area contributed by atoms with Crippen LogP contribution in [0.25, 0.3) is 0 Å². The van der Waals surface area contributed by atoms with Crippen molar-refractivity contribution in [1.29, 1.82) is 0 Å². The average Bonchev–Trinajstić information content (AvgIpc) is 2.84. The number of aromatic nitrogens is 2. The largest absolute Gasteiger partial charge is 0.497 e. The van der Waals surface area contributed by atoms with Gasteiger partial charge < -0.3 is 15.4 Å². The standard InChI is InChI=1S/C14H20N4O/c1-17(12-5-3-6-13(11-12)19-2)8-4-9-18-10-7-14(15)16-18/h3,5-7,10-11H,4,8-9H2,1-2H3,(H2,15,16). The minimum atomic E-state index is 0.571. The monoisotopic (exact) mass is 260 g/mol. The van der Waals surface area contributed by atoms with E-state index in [1.54, 1.807) is 7.11 Å². The van der Waals surface area contributed by atoms with Crippen LogP contribution in [0.15, 0.2) is 36.5 Å². The van der Waals surface area contributed by atoms with Crippen LogP contribution in [0.1, 0.15) is 6.42 Å². The molecule has 2 aromatic rings. The van der Waals surface area contributed by atoms with Crippen LogP contribution in [-0.4, -0.2) is 30.5 Å². The number of aryl methyl sites for hydroxylation is 1. The van der Waals surface area contributed by atoms with Crippen molar-refractivity contribution in [2.75, 3.05) is 31.3 Å². The van der Waals surface area contributed by atoms with Crippen LogP contribution < -0.4 is 15.4 Å². The van der Waals surface area contributed by atoms with E-state index in [1.165, 1.54) is 0 Å². The highest BCUT2D eigenvalue weighted by molar-refractivity contribution is 5.49. The molecule has 0 aliphatic carbocycles. The molecule has 0 bridgehead atoms. The summed E-state index contributed by atoms with van der Waals surface area (Å²) in [5.41, 5.74) is 6.73. The Balaban J connectivity index is 1.85. The summed E-state index contributed by atoms with van der Waals surface area (Å²) in [4.78, 5) is 2.20. The summed E-state index contributed by atoms with van der Waals surface area (Å²) in [5, 5.41) is 4.16. The molecule has 0 spiro atoms. The lowest BCUT2D eigenvalue weighted by molar-refractivity contribution is 0.415. The first kappa shape index (κ1) is 13.3. The Labute approximate surface area is 113 Å². The van der Waals surface area contributed by atoms with Gasteiger partial charge in [-0.15, -0.1) is 0 Å². The first-order valence-corrected chi connectivity index (χ1v) is 6.33. The number of ether oxygens (including phenoxy) is 1. The maximum Gasteiger partial charge on any atom is 0.145 e. The van der Waals surface area contributed by atoms with Gasteiger partial charge in [0.1, 0.15) is 11.6 Å². The molecular formula is C14H20N4O. The molecule has 1 aromatic carbocycles. The number of benzene rings is 1. The molecule has 2 N–H and O–H groups in total. The van der Waals surface area contributed by atoms with Crippen LogP contribution in [0, 0.1) is 0 Å². The van der Waals surface area contributed by atoms with Gasteiger partial charge in [0.05, 0.1) is 7.11 Å². The van der Waals surface area contributed by atoms with Crippen LogP contribution in [0.3, 0.4) is 0 Å². The van der Waals surface area contributed by atoms with E-state index in [0.29, 0.717) is 5.82 Å². The van der Waals surface area contributed by atoms with E-state index < -0.39 is 0 Å². The van der Waals surface area contributed by atoms with Gasteiger partial charge in [-0.1, -0.05) is 6.07 Å². The number of nitrogens with zero attached hydrogens (tertiary/aromatic N) is 3. The molecule has 0 amide bonds. The Bertz CT molecular complexity index is 524. The summed E-state index contributed by atoms with van der Waals surface area (Å²) in [6.45, 7) is 1.82. The maximum atomic E-state index is 5.58. The zero-order chi connectivity index (χ0) is 13.7. The van der Waals surface area contributed by atoms with Gasteiger partial charge in [-0.05, 0) is 24.6 Å². The summed E-state index contributed by atoms with van der Waals surface area (Å²) >= 11 is 0. The fourth-order valence-electron chi connectivity index (χ4n) is 1.95. The molecule has 0 saturated heterocycles. The molecule has 19 heavy (non-hydrogen) atoms. The Morgan fingerprint density at radius 3 is 2.89 bits per heavy atom. The van der Waals surface area contributed by atoms with Crippen molar-refractivity contribution in [2.24, 2.45) is 0 Å². The lowest BCUT2D eigenvalue weighted by Crippen LogP contribution is -2.20. The second-order valence-electron chi connectivity index (χ2n) is 4.48. The molecule has 0 aliphatic rings. The summed E-state index contributed by atoms with van der Waals surface area (Å²) < 4.78 is 7.10. The molecule has 0 radical (unpaired) electrons. The summed E-state index contributed by atoms with van der Waals surface area (Å²) in [7, 11) is 3.76. The number of methoxy groups -OCH3 is 1. The number of nitrogen functional groups attached to an aromatic ring is 1. The van der Waals surface area contributed by atoms with Gasteiger partial charge in [0.2, 0.25) is 0 Å². The van der Waals surface area contributed by atoms with E-state index in [2.05, 4.69) is 23.1 Å². The first-order chi connectivity index (χ1) is 9.19. The highest BCUT2D eigenvalue weighted by Gasteiger charge is 2.02. The summed E-state index contributed by atoms with van der Waals surface area (Å²) in [6.07, 6.45) is 2.91. The van der Waals surface area contributed by atoms with Gasteiger partial charge in [-0.25, -0.2) is 0 Å². The van der Waals surface area contributed by atoms with Crippen molar-refractivity contribution in [2.45, 2.75) is 13.0 Å². The molecule has 0 saturated carbocycles. The van der Waals surface area contributed by atoms with Crippen molar-refractivity contribution in [3.63, 3.8) is 0 Å². The third-order valence-corrected chi connectivity index (χ3v) is 3.04. The molecule has 5 heteroatoms. The molecule has 5 nitrogen and oxygen atoms in total. The Hall–Kier alpha value is -2.17. The zero-order valence-electron chi connectivity index (χ0n) is 11.4. The third kappa shape index (κ3) is 3.64. The molecule has 0 aliphatic heterocycles. The van der Waals surface area contributed by atoms with Crippen LogP contribution in [0.5, 0.6) is 5.75 Å². The van der Waals surface area contributed by atoms with Gasteiger partial charge >= 0.3 is 0 Å². The predicted octanol–water partition coefficient (Wildman–Crippen LogP) is 2.00. The molecule has 0 atom stereocenters.